The number of hydrogen-bond donors (Lipinski definition) is 1. The molecule has 17 heavy (non-hydrogen) atoms. The van der Waals surface area contributed by atoms with Gasteiger partial charge in [-0.05, 0) is 12.8 Å². The zero-order valence-corrected chi connectivity index (χ0v) is 11.2. The van der Waals surface area contributed by atoms with Gasteiger partial charge < -0.3 is 15.0 Å². The first-order valence-corrected chi connectivity index (χ1v) is 5.84. The third-order valence-corrected chi connectivity index (χ3v) is 2.08. The molecule has 0 fully saturated rings. The maximum absolute atomic E-state index is 5.32. The van der Waals surface area contributed by atoms with Crippen LogP contribution in [-0.2, 0) is 0 Å². The number of hydrogen-bond acceptors (Lipinski definition) is 6. The highest BCUT2D eigenvalue weighted by molar-refractivity contribution is 5.37. The third-order valence-electron chi connectivity index (χ3n) is 2.08. The van der Waals surface area contributed by atoms with Gasteiger partial charge >= 0.3 is 6.01 Å². The minimum Gasteiger partial charge on any atom is -0.464 e. The van der Waals surface area contributed by atoms with Crippen LogP contribution in [0.25, 0.3) is 0 Å². The Labute approximate surface area is 102 Å². The molecular formula is C11H21N5O. The van der Waals surface area contributed by atoms with Crippen molar-refractivity contribution in [3.8, 4) is 6.01 Å². The lowest BCUT2D eigenvalue weighted by Gasteiger charge is -2.19. The summed E-state index contributed by atoms with van der Waals surface area (Å²) in [6.45, 7) is 7.64. The molecule has 0 spiro atoms. The second kappa shape index (κ2) is 6.22. The van der Waals surface area contributed by atoms with Crippen LogP contribution in [0.3, 0.4) is 0 Å². The number of rotatable bonds is 6. The highest BCUT2D eigenvalue weighted by Crippen LogP contribution is 2.14. The van der Waals surface area contributed by atoms with Gasteiger partial charge in [0.2, 0.25) is 11.9 Å². The normalized spacial score (nSPS) is 10.5. The predicted octanol–water partition coefficient (Wildman–Crippen LogP) is 1.40. The predicted molar refractivity (Wildman–Crippen MR) is 68.7 cm³/mol. The molecule has 0 radical (unpaired) electrons. The van der Waals surface area contributed by atoms with Gasteiger partial charge in [-0.2, -0.15) is 15.0 Å². The minimum atomic E-state index is 0.359. The molecule has 0 saturated carbocycles. The molecule has 1 aromatic rings. The summed E-state index contributed by atoms with van der Waals surface area (Å²) < 4.78 is 5.32. The smallest absolute Gasteiger partial charge is 0.323 e. The molecule has 1 N–H and O–H groups in total. The Balaban J connectivity index is 2.93. The SMILES string of the molecule is CCOc1nc(NC)nc(N(C)CC(C)C)n1. The lowest BCUT2D eigenvalue weighted by atomic mass is 10.2. The highest BCUT2D eigenvalue weighted by atomic mass is 16.5. The molecule has 6 heteroatoms. The Bertz CT molecular complexity index is 356. The van der Waals surface area contributed by atoms with Crippen molar-refractivity contribution >= 4 is 11.9 Å². The largest absolute Gasteiger partial charge is 0.464 e. The van der Waals surface area contributed by atoms with Crippen molar-refractivity contribution in [1.29, 1.82) is 0 Å². The first-order valence-electron chi connectivity index (χ1n) is 5.84. The van der Waals surface area contributed by atoms with Crippen LogP contribution in [0.5, 0.6) is 6.01 Å². The lowest BCUT2D eigenvalue weighted by Crippen LogP contribution is -2.25. The molecule has 1 heterocycles. The summed E-state index contributed by atoms with van der Waals surface area (Å²) in [6.07, 6.45) is 0. The lowest BCUT2D eigenvalue weighted by molar-refractivity contribution is 0.312. The van der Waals surface area contributed by atoms with Crippen molar-refractivity contribution in [2.45, 2.75) is 20.8 Å². The van der Waals surface area contributed by atoms with E-state index in [1.807, 2.05) is 18.9 Å². The average Bonchev–Trinajstić information content (AvgIpc) is 2.28. The Kier molecular flexibility index (Phi) is 4.93. The first-order chi connectivity index (χ1) is 8.06. The van der Waals surface area contributed by atoms with Crippen molar-refractivity contribution in [1.82, 2.24) is 15.0 Å². The third kappa shape index (κ3) is 4.05. The van der Waals surface area contributed by atoms with Crippen molar-refractivity contribution < 1.29 is 4.74 Å². The molecule has 0 bridgehead atoms. The maximum Gasteiger partial charge on any atom is 0.323 e. The van der Waals surface area contributed by atoms with Gasteiger partial charge in [0.1, 0.15) is 0 Å². The van der Waals surface area contributed by atoms with E-state index in [0.29, 0.717) is 30.4 Å². The summed E-state index contributed by atoms with van der Waals surface area (Å²) >= 11 is 0. The molecule has 1 aromatic heterocycles. The molecule has 6 nitrogen and oxygen atoms in total. The molecule has 0 aliphatic heterocycles. The van der Waals surface area contributed by atoms with Crippen LogP contribution >= 0.6 is 0 Å². The number of nitrogens with one attached hydrogen (secondary N) is 1. The van der Waals surface area contributed by atoms with Crippen molar-refractivity contribution in [3.05, 3.63) is 0 Å². The van der Waals surface area contributed by atoms with Gasteiger partial charge in [0.15, 0.2) is 0 Å². The molecule has 96 valence electrons. The van der Waals surface area contributed by atoms with E-state index in [-0.39, 0.29) is 0 Å². The molecule has 1 rings (SSSR count). The number of nitrogens with zero attached hydrogens (tertiary/aromatic N) is 4. The summed E-state index contributed by atoms with van der Waals surface area (Å²) in [5.41, 5.74) is 0. The van der Waals surface area contributed by atoms with Crippen LogP contribution in [-0.4, -0.2) is 42.2 Å². The monoisotopic (exact) mass is 239 g/mol. The minimum absolute atomic E-state index is 0.359. The van der Waals surface area contributed by atoms with Gasteiger partial charge in [-0.1, -0.05) is 13.8 Å². The highest BCUT2D eigenvalue weighted by Gasteiger charge is 2.11. The van der Waals surface area contributed by atoms with Gasteiger partial charge in [-0.25, -0.2) is 0 Å². The van der Waals surface area contributed by atoms with Crippen LogP contribution in [0.2, 0.25) is 0 Å². The van der Waals surface area contributed by atoms with Crippen LogP contribution in [0, 0.1) is 5.92 Å². The van der Waals surface area contributed by atoms with E-state index in [0.717, 1.165) is 6.54 Å². The summed E-state index contributed by atoms with van der Waals surface area (Å²) in [5.74, 6) is 1.70. The maximum atomic E-state index is 5.32. The second-order valence-corrected chi connectivity index (χ2v) is 4.20. The number of anilines is 2. The Morgan fingerprint density at radius 2 is 2.00 bits per heavy atom. The Morgan fingerprint density at radius 1 is 1.29 bits per heavy atom. The van der Waals surface area contributed by atoms with Crippen molar-refractivity contribution in [2.24, 2.45) is 5.92 Å². The Morgan fingerprint density at radius 3 is 2.53 bits per heavy atom. The summed E-state index contributed by atoms with van der Waals surface area (Å²) in [4.78, 5) is 14.7. The zero-order chi connectivity index (χ0) is 12.8. The quantitative estimate of drug-likeness (QED) is 0.809. The molecule has 0 aliphatic rings. The topological polar surface area (TPSA) is 63.2 Å². The number of ether oxygens (including phenoxy) is 1. The van der Waals surface area contributed by atoms with E-state index in [1.54, 1.807) is 7.05 Å². The fraction of sp³-hybridized carbons (Fsp3) is 0.727. The summed E-state index contributed by atoms with van der Waals surface area (Å²) in [5, 5.41) is 2.91. The van der Waals surface area contributed by atoms with E-state index in [4.69, 9.17) is 4.74 Å². The zero-order valence-electron chi connectivity index (χ0n) is 11.2. The molecular weight excluding hydrogens is 218 g/mol. The summed E-state index contributed by atoms with van der Waals surface area (Å²) in [6, 6.07) is 0.359. The fourth-order valence-electron chi connectivity index (χ4n) is 1.45. The molecule has 0 unspecified atom stereocenters. The van der Waals surface area contributed by atoms with E-state index in [1.165, 1.54) is 0 Å². The van der Waals surface area contributed by atoms with Gasteiger partial charge in [-0.15, -0.1) is 0 Å². The van der Waals surface area contributed by atoms with Crippen molar-refractivity contribution in [3.63, 3.8) is 0 Å². The molecule has 0 atom stereocenters. The van der Waals surface area contributed by atoms with E-state index >= 15 is 0 Å². The molecule has 0 saturated heterocycles. The molecule has 0 amide bonds. The van der Waals surface area contributed by atoms with E-state index < -0.39 is 0 Å². The van der Waals surface area contributed by atoms with Crippen LogP contribution in [0.1, 0.15) is 20.8 Å². The number of aromatic nitrogens is 3. The van der Waals surface area contributed by atoms with E-state index in [9.17, 15) is 0 Å². The molecule has 0 aromatic carbocycles. The summed E-state index contributed by atoms with van der Waals surface area (Å²) in [7, 11) is 3.74. The standard InChI is InChI=1S/C11H21N5O/c1-6-17-11-14-9(12-4)13-10(15-11)16(5)7-8(2)3/h8H,6-7H2,1-5H3,(H,12,13,14,15). The van der Waals surface area contributed by atoms with Crippen LogP contribution in [0.4, 0.5) is 11.9 Å². The second-order valence-electron chi connectivity index (χ2n) is 4.20. The fourth-order valence-corrected chi connectivity index (χ4v) is 1.45. The molecule has 0 aliphatic carbocycles. The van der Waals surface area contributed by atoms with Gasteiger partial charge in [0.05, 0.1) is 6.61 Å². The van der Waals surface area contributed by atoms with Gasteiger partial charge in [0, 0.05) is 20.6 Å². The van der Waals surface area contributed by atoms with Gasteiger partial charge in [0.25, 0.3) is 0 Å². The van der Waals surface area contributed by atoms with Gasteiger partial charge in [-0.3, -0.25) is 0 Å². The average molecular weight is 239 g/mol. The van der Waals surface area contributed by atoms with E-state index in [2.05, 4.69) is 34.1 Å². The first kappa shape index (κ1) is 13.5. The van der Waals surface area contributed by atoms with Crippen LogP contribution < -0.4 is 15.0 Å². The Hall–Kier alpha value is -1.59. The van der Waals surface area contributed by atoms with Crippen molar-refractivity contribution in [2.75, 3.05) is 37.5 Å². The van der Waals surface area contributed by atoms with Crippen LogP contribution in [0.15, 0.2) is 0 Å².